The van der Waals surface area contributed by atoms with Crippen LogP contribution in [-0.4, -0.2) is 6.54 Å². The lowest BCUT2D eigenvalue weighted by molar-refractivity contribution is -0.137. The van der Waals surface area contributed by atoms with Crippen LogP contribution in [0.15, 0.2) is 48.5 Å². The Kier molecular flexibility index (Phi) is 7.66. The zero-order chi connectivity index (χ0) is 19.9. The molecule has 0 heterocycles. The van der Waals surface area contributed by atoms with E-state index in [1.54, 1.807) is 6.07 Å². The van der Waals surface area contributed by atoms with E-state index >= 15 is 0 Å². The summed E-state index contributed by atoms with van der Waals surface area (Å²) in [6.45, 7) is 7.10. The molecule has 0 aliphatic carbocycles. The fourth-order valence-corrected chi connectivity index (χ4v) is 3.17. The Morgan fingerprint density at radius 3 is 2.56 bits per heavy atom. The standard InChI is InChI=1S/C23H28F3N/c1-4-5-13-21-17(2)9-6-14-22(21)18(3)27-15-8-11-19-10-7-12-20(16-19)23(24,25)26/h5-7,9-10,12-14,16,18,27H,4,8,11,15H2,1-3H3/b13-5-. The summed E-state index contributed by atoms with van der Waals surface area (Å²) in [6.07, 6.45) is 2.46. The van der Waals surface area contributed by atoms with Gasteiger partial charge in [0.05, 0.1) is 5.56 Å². The summed E-state index contributed by atoms with van der Waals surface area (Å²) in [5.74, 6) is 0. The SMILES string of the molecule is CC/C=C\c1c(C)cccc1C(C)NCCCc1cccc(C(F)(F)F)c1. The van der Waals surface area contributed by atoms with E-state index in [9.17, 15) is 13.2 Å². The second-order valence-electron chi connectivity index (χ2n) is 6.87. The van der Waals surface area contributed by atoms with Gasteiger partial charge in [-0.2, -0.15) is 13.2 Å². The van der Waals surface area contributed by atoms with E-state index in [4.69, 9.17) is 0 Å². The van der Waals surface area contributed by atoms with Crippen LogP contribution in [-0.2, 0) is 12.6 Å². The molecule has 27 heavy (non-hydrogen) atoms. The maximum atomic E-state index is 12.8. The highest BCUT2D eigenvalue weighted by atomic mass is 19.4. The Morgan fingerprint density at radius 2 is 1.85 bits per heavy atom. The fraction of sp³-hybridized carbons (Fsp3) is 0.391. The van der Waals surface area contributed by atoms with Gasteiger partial charge in [0.25, 0.3) is 0 Å². The number of halogens is 3. The lowest BCUT2D eigenvalue weighted by atomic mass is 9.96. The summed E-state index contributed by atoms with van der Waals surface area (Å²) in [5.41, 5.74) is 3.89. The molecule has 0 saturated carbocycles. The van der Waals surface area contributed by atoms with E-state index in [0.29, 0.717) is 6.42 Å². The molecule has 0 amide bonds. The molecule has 0 aromatic heterocycles. The normalized spacial score (nSPS) is 13.3. The average molecular weight is 375 g/mol. The minimum atomic E-state index is -4.28. The first kappa shape index (κ1) is 21.2. The molecule has 4 heteroatoms. The van der Waals surface area contributed by atoms with E-state index in [0.717, 1.165) is 31.0 Å². The molecule has 2 aromatic rings. The Balaban J connectivity index is 1.93. The first-order valence-corrected chi connectivity index (χ1v) is 9.48. The van der Waals surface area contributed by atoms with Gasteiger partial charge in [0.1, 0.15) is 0 Å². The van der Waals surface area contributed by atoms with Crippen LogP contribution in [0.25, 0.3) is 6.08 Å². The predicted octanol–water partition coefficient (Wildman–Crippen LogP) is 6.72. The zero-order valence-corrected chi connectivity index (χ0v) is 16.2. The van der Waals surface area contributed by atoms with Gasteiger partial charge < -0.3 is 5.32 Å². The summed E-state index contributed by atoms with van der Waals surface area (Å²) >= 11 is 0. The van der Waals surface area contributed by atoms with Gasteiger partial charge in [-0.05, 0) is 68.0 Å². The number of benzene rings is 2. The third kappa shape index (κ3) is 6.24. The van der Waals surface area contributed by atoms with Crippen LogP contribution in [0.4, 0.5) is 13.2 Å². The van der Waals surface area contributed by atoms with Crippen LogP contribution in [0.3, 0.4) is 0 Å². The molecule has 146 valence electrons. The minimum Gasteiger partial charge on any atom is -0.310 e. The summed E-state index contributed by atoms with van der Waals surface area (Å²) in [5, 5.41) is 3.50. The molecular formula is C23H28F3N. The first-order valence-electron chi connectivity index (χ1n) is 9.48. The number of allylic oxidation sites excluding steroid dienone is 1. The Bertz CT molecular complexity index is 762. The van der Waals surface area contributed by atoms with Gasteiger partial charge in [-0.3, -0.25) is 0 Å². The molecule has 2 aromatic carbocycles. The van der Waals surface area contributed by atoms with E-state index in [2.05, 4.69) is 56.4 Å². The van der Waals surface area contributed by atoms with Crippen molar-refractivity contribution in [2.45, 2.75) is 52.3 Å². The minimum absolute atomic E-state index is 0.183. The number of nitrogens with one attached hydrogen (secondary N) is 1. The molecule has 0 bridgehead atoms. The van der Waals surface area contributed by atoms with Crippen LogP contribution in [0.2, 0.25) is 0 Å². The van der Waals surface area contributed by atoms with Crippen molar-refractivity contribution in [2.24, 2.45) is 0 Å². The summed E-state index contributed by atoms with van der Waals surface area (Å²) < 4.78 is 38.4. The highest BCUT2D eigenvalue weighted by Gasteiger charge is 2.30. The van der Waals surface area contributed by atoms with Gasteiger partial charge in [0, 0.05) is 6.04 Å². The second kappa shape index (κ2) is 9.75. The summed E-state index contributed by atoms with van der Waals surface area (Å²) in [4.78, 5) is 0. The van der Waals surface area contributed by atoms with E-state index in [1.807, 2.05) is 0 Å². The Labute approximate surface area is 160 Å². The lowest BCUT2D eigenvalue weighted by Gasteiger charge is -2.18. The number of hydrogen-bond acceptors (Lipinski definition) is 1. The van der Waals surface area contributed by atoms with Crippen molar-refractivity contribution in [3.05, 3.63) is 76.4 Å². The molecule has 0 saturated heterocycles. The highest BCUT2D eigenvalue weighted by Crippen LogP contribution is 2.29. The molecule has 2 rings (SSSR count). The van der Waals surface area contributed by atoms with Gasteiger partial charge in [-0.25, -0.2) is 0 Å². The molecule has 0 fully saturated rings. The van der Waals surface area contributed by atoms with Gasteiger partial charge in [0.2, 0.25) is 0 Å². The van der Waals surface area contributed by atoms with Crippen LogP contribution >= 0.6 is 0 Å². The largest absolute Gasteiger partial charge is 0.416 e. The monoisotopic (exact) mass is 375 g/mol. The molecule has 0 spiro atoms. The summed E-state index contributed by atoms with van der Waals surface area (Å²) in [7, 11) is 0. The predicted molar refractivity (Wildman–Crippen MR) is 107 cm³/mol. The third-order valence-electron chi connectivity index (χ3n) is 4.69. The number of aryl methyl sites for hydroxylation is 2. The molecule has 1 unspecified atom stereocenters. The maximum Gasteiger partial charge on any atom is 0.416 e. The first-order chi connectivity index (χ1) is 12.8. The number of rotatable bonds is 8. The molecule has 1 N–H and O–H groups in total. The molecular weight excluding hydrogens is 347 g/mol. The second-order valence-corrected chi connectivity index (χ2v) is 6.87. The molecule has 1 atom stereocenters. The van der Waals surface area contributed by atoms with Crippen molar-refractivity contribution in [1.82, 2.24) is 5.32 Å². The topological polar surface area (TPSA) is 12.0 Å². The fourth-order valence-electron chi connectivity index (χ4n) is 3.17. The van der Waals surface area contributed by atoms with Gasteiger partial charge >= 0.3 is 6.18 Å². The number of hydrogen-bond donors (Lipinski definition) is 1. The van der Waals surface area contributed by atoms with E-state index in [1.165, 1.54) is 28.8 Å². The average Bonchev–Trinajstić information content (AvgIpc) is 2.63. The van der Waals surface area contributed by atoms with Crippen molar-refractivity contribution >= 4 is 6.08 Å². The van der Waals surface area contributed by atoms with Crippen LogP contribution < -0.4 is 5.32 Å². The van der Waals surface area contributed by atoms with Gasteiger partial charge in [0.15, 0.2) is 0 Å². The van der Waals surface area contributed by atoms with E-state index < -0.39 is 11.7 Å². The van der Waals surface area contributed by atoms with Gasteiger partial charge in [-0.15, -0.1) is 0 Å². The van der Waals surface area contributed by atoms with Crippen LogP contribution in [0.5, 0.6) is 0 Å². The number of alkyl halides is 3. The van der Waals surface area contributed by atoms with E-state index in [-0.39, 0.29) is 6.04 Å². The van der Waals surface area contributed by atoms with Crippen LogP contribution in [0.1, 0.15) is 60.5 Å². The Hall–Kier alpha value is -2.07. The lowest BCUT2D eigenvalue weighted by Crippen LogP contribution is -2.21. The quantitative estimate of drug-likeness (QED) is 0.505. The van der Waals surface area contributed by atoms with Crippen LogP contribution in [0, 0.1) is 6.92 Å². The van der Waals surface area contributed by atoms with Crippen molar-refractivity contribution in [3.8, 4) is 0 Å². The maximum absolute atomic E-state index is 12.8. The third-order valence-corrected chi connectivity index (χ3v) is 4.69. The smallest absolute Gasteiger partial charge is 0.310 e. The molecule has 0 radical (unpaired) electrons. The van der Waals surface area contributed by atoms with Crippen molar-refractivity contribution < 1.29 is 13.2 Å². The van der Waals surface area contributed by atoms with Crippen molar-refractivity contribution in [2.75, 3.05) is 6.54 Å². The molecule has 0 aliphatic heterocycles. The van der Waals surface area contributed by atoms with Crippen molar-refractivity contribution in [1.29, 1.82) is 0 Å². The highest BCUT2D eigenvalue weighted by molar-refractivity contribution is 5.58. The molecule has 1 nitrogen and oxygen atoms in total. The zero-order valence-electron chi connectivity index (χ0n) is 16.2. The van der Waals surface area contributed by atoms with Gasteiger partial charge in [-0.1, -0.05) is 55.5 Å². The van der Waals surface area contributed by atoms with Crippen molar-refractivity contribution in [3.63, 3.8) is 0 Å². The molecule has 0 aliphatic rings. The Morgan fingerprint density at radius 1 is 1.11 bits per heavy atom. The summed E-state index contributed by atoms with van der Waals surface area (Å²) in [6, 6.07) is 12.1.